The second kappa shape index (κ2) is 24.3. The summed E-state index contributed by atoms with van der Waals surface area (Å²) in [5.74, 6) is 0. The summed E-state index contributed by atoms with van der Waals surface area (Å²) in [7, 11) is 0. The van der Waals surface area contributed by atoms with Gasteiger partial charge in [-0.3, -0.25) is 0 Å². The Morgan fingerprint density at radius 3 is 0.723 bits per heavy atom. The molecule has 0 N–H and O–H groups in total. The molecule has 0 aliphatic heterocycles. The molecule has 0 aliphatic rings. The summed E-state index contributed by atoms with van der Waals surface area (Å²) >= 11 is 0. The maximum Gasteiger partial charge on any atom is 0.0562 e. The zero-order chi connectivity index (χ0) is 73.2. The molecule has 0 amide bonds. The number of para-hydroxylation sites is 6. The van der Waals surface area contributed by atoms with E-state index in [1.54, 1.807) is 0 Å². The fourth-order valence-electron chi connectivity index (χ4n) is 19.5. The van der Waals surface area contributed by atoms with Crippen molar-refractivity contribution in [3.63, 3.8) is 0 Å². The number of hydrogen-bond donors (Lipinski definition) is 0. The SMILES string of the molecule is c1ccc(-c2c(-c3ccc(-c4ccc5c(c4)c4cc6c7ccccc7n(-c7ccccc7)c6cc4n5-c4ccccc4)cc3)c(-c3ccc(-c4ccc5c(c4)c4cc6c7ccccc7n(-c7ccccc7)c6cc4n5-c4ccccc4)cc3)c(-c3ccccc3)c3c4cccc5c6ccccc6c6cccc(c23)c6c54)cc1. The zero-order valence-corrected chi connectivity index (χ0v) is 60.9. The predicted octanol–water partition coefficient (Wildman–Crippen LogP) is 29.3. The maximum atomic E-state index is 2.46. The van der Waals surface area contributed by atoms with Crippen molar-refractivity contribution in [1.29, 1.82) is 0 Å². The van der Waals surface area contributed by atoms with Crippen molar-refractivity contribution in [1.82, 2.24) is 18.3 Å². The Labute approximate surface area is 645 Å². The van der Waals surface area contributed by atoms with E-state index < -0.39 is 0 Å². The van der Waals surface area contributed by atoms with Gasteiger partial charge in [-0.15, -0.1) is 0 Å². The number of rotatable bonds is 10. The first-order chi connectivity index (χ1) is 55.6. The molecular weight excluding hydrogens is 1350 g/mol. The fourth-order valence-corrected chi connectivity index (χ4v) is 19.5. The van der Waals surface area contributed by atoms with Crippen LogP contribution in [0.5, 0.6) is 0 Å². The van der Waals surface area contributed by atoms with Crippen LogP contribution in [-0.4, -0.2) is 18.3 Å². The van der Waals surface area contributed by atoms with Crippen LogP contribution < -0.4 is 0 Å². The molecule has 4 heteroatoms. The summed E-state index contributed by atoms with van der Waals surface area (Å²) in [6.07, 6.45) is 0. The molecule has 0 bridgehead atoms. The van der Waals surface area contributed by atoms with E-state index in [0.717, 1.165) is 78.3 Å². The molecule has 24 rings (SSSR count). The van der Waals surface area contributed by atoms with Gasteiger partial charge in [-0.25, -0.2) is 0 Å². The minimum atomic E-state index is 1.13. The Morgan fingerprint density at radius 2 is 0.366 bits per heavy atom. The Hall–Kier alpha value is -14.8. The van der Waals surface area contributed by atoms with E-state index in [1.165, 1.54) is 152 Å². The molecule has 0 aliphatic carbocycles. The minimum Gasteiger partial charge on any atom is -0.309 e. The Kier molecular flexibility index (Phi) is 13.5. The van der Waals surface area contributed by atoms with Crippen molar-refractivity contribution < 1.29 is 0 Å². The monoisotopic (exact) mass is 1420 g/mol. The third-order valence-corrected chi connectivity index (χ3v) is 24.2. The smallest absolute Gasteiger partial charge is 0.0562 e. The summed E-state index contributed by atoms with van der Waals surface area (Å²) in [4.78, 5) is 0. The number of aromatic nitrogens is 4. The normalized spacial score (nSPS) is 12.1. The summed E-state index contributed by atoms with van der Waals surface area (Å²) in [6.45, 7) is 0. The molecule has 0 unspecified atom stereocenters. The summed E-state index contributed by atoms with van der Waals surface area (Å²) in [5, 5.41) is 22.4. The lowest BCUT2D eigenvalue weighted by atomic mass is 9.75. The maximum absolute atomic E-state index is 2.46. The molecule has 0 atom stereocenters. The van der Waals surface area contributed by atoms with Gasteiger partial charge in [0, 0.05) is 65.8 Å². The van der Waals surface area contributed by atoms with E-state index in [1.807, 2.05) is 0 Å². The quantitative estimate of drug-likeness (QED) is 0.0961. The number of fused-ring (bicyclic) bond motifs is 18. The molecule has 112 heavy (non-hydrogen) atoms. The van der Waals surface area contributed by atoms with Crippen molar-refractivity contribution in [3.05, 3.63) is 400 Å². The van der Waals surface area contributed by atoms with Crippen LogP contribution in [0.25, 0.3) is 231 Å². The largest absolute Gasteiger partial charge is 0.309 e. The van der Waals surface area contributed by atoms with Gasteiger partial charge < -0.3 is 18.3 Å². The third kappa shape index (κ3) is 9.12. The lowest BCUT2D eigenvalue weighted by molar-refractivity contribution is 1.16. The van der Waals surface area contributed by atoms with Crippen LogP contribution in [-0.2, 0) is 0 Å². The average Bonchev–Trinajstić information content (AvgIpc) is 1.02. The Bertz CT molecular complexity index is 7500. The van der Waals surface area contributed by atoms with Crippen molar-refractivity contribution in [3.8, 4) is 89.5 Å². The van der Waals surface area contributed by atoms with Crippen LogP contribution in [0.3, 0.4) is 0 Å². The van der Waals surface area contributed by atoms with Gasteiger partial charge in [0.2, 0.25) is 0 Å². The molecule has 24 aromatic rings. The van der Waals surface area contributed by atoms with Crippen LogP contribution in [0.1, 0.15) is 0 Å². The van der Waals surface area contributed by atoms with Gasteiger partial charge >= 0.3 is 0 Å². The zero-order valence-electron chi connectivity index (χ0n) is 60.9. The highest BCUT2D eigenvalue weighted by atomic mass is 15.0. The van der Waals surface area contributed by atoms with Crippen LogP contribution in [0.4, 0.5) is 0 Å². The molecule has 0 radical (unpaired) electrons. The van der Waals surface area contributed by atoms with Crippen LogP contribution in [0.15, 0.2) is 400 Å². The van der Waals surface area contributed by atoms with Gasteiger partial charge in [0.25, 0.3) is 0 Å². The summed E-state index contributed by atoms with van der Waals surface area (Å²) in [5.41, 5.74) is 27.9. The molecule has 0 fully saturated rings. The Balaban J connectivity index is 0.747. The highest BCUT2D eigenvalue weighted by molar-refractivity contribution is 6.44. The van der Waals surface area contributed by atoms with Gasteiger partial charge in [-0.2, -0.15) is 0 Å². The van der Waals surface area contributed by atoms with Crippen molar-refractivity contribution in [2.24, 2.45) is 0 Å². The molecule has 0 saturated carbocycles. The van der Waals surface area contributed by atoms with E-state index in [4.69, 9.17) is 0 Å². The first-order valence-electron chi connectivity index (χ1n) is 38.8. The second-order valence-electron chi connectivity index (χ2n) is 30.1. The van der Waals surface area contributed by atoms with Crippen LogP contribution >= 0.6 is 0 Å². The van der Waals surface area contributed by atoms with Gasteiger partial charge in [0.1, 0.15) is 0 Å². The van der Waals surface area contributed by atoms with Crippen molar-refractivity contribution >= 4 is 141 Å². The molecule has 0 saturated heterocycles. The highest BCUT2D eigenvalue weighted by Gasteiger charge is 2.30. The van der Waals surface area contributed by atoms with E-state index in [-0.39, 0.29) is 0 Å². The van der Waals surface area contributed by atoms with Gasteiger partial charge in [0.05, 0.1) is 44.1 Å². The number of nitrogens with zero attached hydrogens (tertiary/aromatic N) is 4. The highest BCUT2D eigenvalue weighted by Crippen LogP contribution is 2.57. The summed E-state index contributed by atoms with van der Waals surface area (Å²) in [6, 6.07) is 150. The van der Waals surface area contributed by atoms with Gasteiger partial charge in [-0.05, 0) is 230 Å². The van der Waals surface area contributed by atoms with Crippen LogP contribution in [0, 0.1) is 0 Å². The van der Waals surface area contributed by atoms with E-state index in [0.29, 0.717) is 0 Å². The topological polar surface area (TPSA) is 19.7 Å². The minimum absolute atomic E-state index is 1.13. The van der Waals surface area contributed by atoms with Gasteiger partial charge in [0.15, 0.2) is 0 Å². The third-order valence-electron chi connectivity index (χ3n) is 24.2. The molecular formula is C108H66N4. The Morgan fingerprint density at radius 1 is 0.116 bits per heavy atom. The molecule has 4 aromatic heterocycles. The fraction of sp³-hybridized carbons (Fsp3) is 0. The van der Waals surface area contributed by atoms with Crippen molar-refractivity contribution in [2.45, 2.75) is 0 Å². The lowest BCUT2D eigenvalue weighted by Crippen LogP contribution is -2.00. The van der Waals surface area contributed by atoms with E-state index >= 15 is 0 Å². The lowest BCUT2D eigenvalue weighted by Gasteiger charge is -2.27. The number of hydrogen-bond acceptors (Lipinski definition) is 0. The van der Waals surface area contributed by atoms with E-state index in [9.17, 15) is 0 Å². The second-order valence-corrected chi connectivity index (χ2v) is 30.1. The standard InChI is InChI=1S/C108H66N4/c1-7-27-69(28-8-1)103-101(71-53-49-67(50-54-71)73-57-59-95-87(61-73)91-63-89-81-41-21-23-47-93(81)109(75-31-11-3-12-32-75)97(89)65-99(91)111(95)77-35-15-5-16-36-77)102(104(70-29-9-2-10-30-70)108-86-46-26-44-84-80-40-20-19-39-79(80)83-43-25-45-85(107(103)108)105(83)106(84)86)72-55-51-68(52-56-72)74-58-60-96-88(62-74)92-64-90-82-42-22-24-48-94(82)110(76-33-13-4-14-34-76)98(90)66-100(92)112(96)78-37-17-6-18-38-78/h1-66H. The number of benzene rings is 20. The molecule has 4 nitrogen and oxygen atoms in total. The molecule has 20 aromatic carbocycles. The molecule has 4 heterocycles. The molecule has 0 spiro atoms. The average molecular weight is 1420 g/mol. The predicted molar refractivity (Wildman–Crippen MR) is 475 cm³/mol. The summed E-state index contributed by atoms with van der Waals surface area (Å²) < 4.78 is 9.77. The van der Waals surface area contributed by atoms with Gasteiger partial charge in [-0.1, -0.05) is 291 Å². The molecule has 518 valence electrons. The van der Waals surface area contributed by atoms with Crippen LogP contribution in [0.2, 0.25) is 0 Å². The van der Waals surface area contributed by atoms with Crippen molar-refractivity contribution in [2.75, 3.05) is 0 Å². The first kappa shape index (κ1) is 62.2. The first-order valence-corrected chi connectivity index (χ1v) is 38.8. The van der Waals surface area contributed by atoms with E-state index in [2.05, 4.69) is 419 Å².